The van der Waals surface area contributed by atoms with E-state index < -0.39 is 29.6 Å². The van der Waals surface area contributed by atoms with Gasteiger partial charge in [0.25, 0.3) is 5.56 Å². The van der Waals surface area contributed by atoms with Gasteiger partial charge in [-0.05, 0) is 25.0 Å². The molecule has 2 heterocycles. The van der Waals surface area contributed by atoms with Crippen LogP contribution in [0.3, 0.4) is 0 Å². The van der Waals surface area contributed by atoms with E-state index in [2.05, 4.69) is 4.98 Å². The van der Waals surface area contributed by atoms with Crippen LogP contribution in [0.5, 0.6) is 0 Å². The molecule has 0 radical (unpaired) electrons. The molecule has 31 heavy (non-hydrogen) atoms. The zero-order chi connectivity index (χ0) is 22.9. The Bertz CT molecular complexity index is 1300. The van der Waals surface area contributed by atoms with E-state index in [1.807, 2.05) is 13.8 Å². The molecule has 0 aliphatic heterocycles. The Morgan fingerprint density at radius 1 is 1.19 bits per heavy atom. The first-order chi connectivity index (χ1) is 14.6. The van der Waals surface area contributed by atoms with Crippen LogP contribution in [0.4, 0.5) is 5.82 Å². The fourth-order valence-corrected chi connectivity index (χ4v) is 3.34. The molecule has 0 unspecified atom stereocenters. The van der Waals surface area contributed by atoms with E-state index in [1.165, 1.54) is 11.6 Å². The van der Waals surface area contributed by atoms with E-state index in [-0.39, 0.29) is 29.4 Å². The van der Waals surface area contributed by atoms with Crippen LogP contribution >= 0.6 is 0 Å². The molecule has 0 saturated heterocycles. The number of anilines is 1. The third-order valence-corrected chi connectivity index (χ3v) is 4.81. The second-order valence-electron chi connectivity index (χ2n) is 7.74. The number of benzene rings is 1. The standard InChI is InChI=1S/C22H24N4O5/c1-12(2)10-26-19(23)18(20(28)25(4)22(26)30)17(27)11-31-21(29)15-9-13(3)24-16-8-6-5-7-14(15)16/h5-9,12H,10-11,23H2,1-4H3. The Morgan fingerprint density at radius 3 is 2.55 bits per heavy atom. The van der Waals surface area contributed by atoms with Gasteiger partial charge < -0.3 is 10.5 Å². The van der Waals surface area contributed by atoms with Crippen molar-refractivity contribution in [2.24, 2.45) is 13.0 Å². The Morgan fingerprint density at radius 2 is 1.87 bits per heavy atom. The van der Waals surface area contributed by atoms with Gasteiger partial charge in [-0.2, -0.15) is 0 Å². The summed E-state index contributed by atoms with van der Waals surface area (Å²) in [5.41, 5.74) is 5.70. The van der Waals surface area contributed by atoms with Crippen molar-refractivity contribution in [2.45, 2.75) is 27.3 Å². The summed E-state index contributed by atoms with van der Waals surface area (Å²) < 4.78 is 7.21. The van der Waals surface area contributed by atoms with E-state index in [4.69, 9.17) is 10.5 Å². The Kier molecular flexibility index (Phi) is 6.05. The molecule has 2 N–H and O–H groups in total. The third kappa shape index (κ3) is 4.25. The highest BCUT2D eigenvalue weighted by atomic mass is 16.5. The van der Waals surface area contributed by atoms with Crippen LogP contribution < -0.4 is 17.0 Å². The lowest BCUT2D eigenvalue weighted by atomic mass is 10.1. The number of nitrogens with two attached hydrogens (primary N) is 1. The Labute approximate surface area is 178 Å². The molecule has 3 rings (SSSR count). The maximum absolute atomic E-state index is 12.8. The molecule has 0 aliphatic rings. The number of aryl methyl sites for hydroxylation is 1. The van der Waals surface area contributed by atoms with Gasteiger partial charge in [-0.3, -0.25) is 23.7 Å². The molecule has 0 atom stereocenters. The van der Waals surface area contributed by atoms with Gasteiger partial charge in [-0.25, -0.2) is 9.59 Å². The lowest BCUT2D eigenvalue weighted by Gasteiger charge is -2.16. The van der Waals surface area contributed by atoms with Crippen molar-refractivity contribution in [3.05, 3.63) is 68.0 Å². The molecule has 0 amide bonds. The van der Waals surface area contributed by atoms with E-state index in [0.29, 0.717) is 16.6 Å². The first-order valence-corrected chi connectivity index (χ1v) is 9.77. The predicted molar refractivity (Wildman–Crippen MR) is 116 cm³/mol. The maximum Gasteiger partial charge on any atom is 0.339 e. The van der Waals surface area contributed by atoms with Crippen LogP contribution in [0, 0.1) is 12.8 Å². The van der Waals surface area contributed by atoms with Crippen molar-refractivity contribution in [1.82, 2.24) is 14.1 Å². The van der Waals surface area contributed by atoms with E-state index in [1.54, 1.807) is 37.3 Å². The number of nitrogen functional groups attached to an aromatic ring is 1. The second-order valence-corrected chi connectivity index (χ2v) is 7.74. The minimum atomic E-state index is -0.825. The normalized spacial score (nSPS) is 11.1. The molecule has 9 heteroatoms. The number of hydrogen-bond donors (Lipinski definition) is 1. The molecule has 162 valence electrons. The monoisotopic (exact) mass is 424 g/mol. The summed E-state index contributed by atoms with van der Waals surface area (Å²) >= 11 is 0. The highest BCUT2D eigenvalue weighted by Gasteiger charge is 2.23. The van der Waals surface area contributed by atoms with Crippen LogP contribution in [0.15, 0.2) is 39.9 Å². The molecule has 3 aromatic rings. The Balaban J connectivity index is 1.92. The smallest absolute Gasteiger partial charge is 0.339 e. The van der Waals surface area contributed by atoms with Crippen LogP contribution in [0.2, 0.25) is 0 Å². The summed E-state index contributed by atoms with van der Waals surface area (Å²) in [5.74, 6) is -1.67. The topological polar surface area (TPSA) is 126 Å². The first kappa shape index (κ1) is 21.9. The number of Topliss-reactive ketones (excluding diaryl/α,β-unsaturated/α-hetero) is 1. The van der Waals surface area contributed by atoms with Crippen LogP contribution in [0.25, 0.3) is 10.9 Å². The van der Waals surface area contributed by atoms with E-state index >= 15 is 0 Å². The molecule has 0 aliphatic carbocycles. The zero-order valence-corrected chi connectivity index (χ0v) is 17.8. The summed E-state index contributed by atoms with van der Waals surface area (Å²) in [4.78, 5) is 54.7. The number of para-hydroxylation sites is 1. The molecule has 0 bridgehead atoms. The number of fused-ring (bicyclic) bond motifs is 1. The number of esters is 1. The van der Waals surface area contributed by atoms with Gasteiger partial charge in [0.15, 0.2) is 6.61 Å². The Hall–Kier alpha value is -3.75. The summed E-state index contributed by atoms with van der Waals surface area (Å²) in [6.45, 7) is 5.05. The average Bonchev–Trinajstić information content (AvgIpc) is 2.72. The molecule has 9 nitrogen and oxygen atoms in total. The fraction of sp³-hybridized carbons (Fsp3) is 0.318. The van der Waals surface area contributed by atoms with Gasteiger partial charge in [-0.15, -0.1) is 0 Å². The van der Waals surface area contributed by atoms with E-state index in [9.17, 15) is 19.2 Å². The van der Waals surface area contributed by atoms with Gasteiger partial charge >= 0.3 is 11.7 Å². The van der Waals surface area contributed by atoms with Crippen molar-refractivity contribution in [2.75, 3.05) is 12.3 Å². The van der Waals surface area contributed by atoms with E-state index in [0.717, 1.165) is 4.57 Å². The van der Waals surface area contributed by atoms with Crippen LogP contribution in [0.1, 0.15) is 40.3 Å². The molecule has 1 aromatic carbocycles. The SMILES string of the molecule is Cc1cc(C(=O)OCC(=O)c2c(N)n(CC(C)C)c(=O)n(C)c2=O)c2ccccc2n1. The largest absolute Gasteiger partial charge is 0.454 e. The van der Waals surface area contributed by atoms with Crippen molar-refractivity contribution >= 4 is 28.5 Å². The summed E-state index contributed by atoms with van der Waals surface area (Å²) in [7, 11) is 1.27. The molecular weight excluding hydrogens is 400 g/mol. The van der Waals surface area contributed by atoms with Crippen molar-refractivity contribution < 1.29 is 14.3 Å². The molecule has 0 saturated carbocycles. The number of rotatable bonds is 6. The third-order valence-electron chi connectivity index (χ3n) is 4.81. The predicted octanol–water partition coefficient (Wildman–Crippen LogP) is 1.68. The highest BCUT2D eigenvalue weighted by Crippen LogP contribution is 2.19. The van der Waals surface area contributed by atoms with Gasteiger partial charge in [-0.1, -0.05) is 32.0 Å². The molecule has 0 spiro atoms. The van der Waals surface area contributed by atoms with Gasteiger partial charge in [0.1, 0.15) is 11.4 Å². The van der Waals surface area contributed by atoms with Gasteiger partial charge in [0.2, 0.25) is 5.78 Å². The number of carbonyl (C=O) groups excluding carboxylic acids is 2. The number of ether oxygens (including phenoxy) is 1. The number of nitrogens with zero attached hydrogens (tertiary/aromatic N) is 3. The average molecular weight is 424 g/mol. The van der Waals surface area contributed by atoms with Crippen molar-refractivity contribution in [1.29, 1.82) is 0 Å². The van der Waals surface area contributed by atoms with Gasteiger partial charge in [0, 0.05) is 24.7 Å². The zero-order valence-electron chi connectivity index (χ0n) is 17.8. The summed E-state index contributed by atoms with van der Waals surface area (Å²) in [6.07, 6.45) is 0. The number of aromatic nitrogens is 3. The van der Waals surface area contributed by atoms with Gasteiger partial charge in [0.05, 0.1) is 11.1 Å². The minimum Gasteiger partial charge on any atom is -0.454 e. The minimum absolute atomic E-state index is 0.0569. The number of carbonyl (C=O) groups is 2. The molecule has 2 aromatic heterocycles. The number of hydrogen-bond acceptors (Lipinski definition) is 7. The van der Waals surface area contributed by atoms with Crippen molar-refractivity contribution in [3.8, 4) is 0 Å². The lowest BCUT2D eigenvalue weighted by Crippen LogP contribution is -2.43. The van der Waals surface area contributed by atoms with Crippen molar-refractivity contribution in [3.63, 3.8) is 0 Å². The first-order valence-electron chi connectivity index (χ1n) is 9.77. The summed E-state index contributed by atoms with van der Waals surface area (Å²) in [6, 6.07) is 8.65. The second kappa shape index (κ2) is 8.55. The maximum atomic E-state index is 12.8. The summed E-state index contributed by atoms with van der Waals surface area (Å²) in [5, 5.41) is 0.589. The number of pyridine rings is 1. The lowest BCUT2D eigenvalue weighted by molar-refractivity contribution is 0.0476. The molecular formula is C22H24N4O5. The molecule has 0 fully saturated rings. The number of ketones is 1. The van der Waals surface area contributed by atoms with Crippen LogP contribution in [-0.2, 0) is 18.3 Å². The quantitative estimate of drug-likeness (QED) is 0.471. The highest BCUT2D eigenvalue weighted by molar-refractivity contribution is 6.06. The van der Waals surface area contributed by atoms with Crippen LogP contribution in [-0.4, -0.2) is 32.5 Å². The fourth-order valence-electron chi connectivity index (χ4n) is 3.34.